The number of aryl methyl sites for hydroxylation is 1. The van der Waals surface area contributed by atoms with Gasteiger partial charge in [-0.05, 0) is 25.3 Å². The van der Waals surface area contributed by atoms with Crippen LogP contribution in [0.3, 0.4) is 0 Å². The van der Waals surface area contributed by atoms with Crippen molar-refractivity contribution in [1.29, 1.82) is 0 Å². The minimum absolute atomic E-state index is 0.164. The Hall–Kier alpha value is -1.45. The van der Waals surface area contributed by atoms with Gasteiger partial charge >= 0.3 is 0 Å². The van der Waals surface area contributed by atoms with E-state index in [0.717, 1.165) is 18.4 Å². The number of hydrogen-bond donors (Lipinski definition) is 1. The summed E-state index contributed by atoms with van der Waals surface area (Å²) in [5, 5.41) is 2.83. The third-order valence-electron chi connectivity index (χ3n) is 1.90. The van der Waals surface area contributed by atoms with E-state index in [4.69, 9.17) is 0 Å². The Morgan fingerprint density at radius 3 is 2.62 bits per heavy atom. The first-order valence-electron chi connectivity index (χ1n) is 4.35. The molecule has 4 nitrogen and oxygen atoms in total. The van der Waals surface area contributed by atoms with Crippen LogP contribution in [0.25, 0.3) is 0 Å². The predicted octanol–water partition coefficient (Wildman–Crippen LogP) is 0.677. The van der Waals surface area contributed by atoms with Crippen LogP contribution in [0.2, 0.25) is 0 Å². The molecule has 68 valence electrons. The van der Waals surface area contributed by atoms with E-state index in [1.54, 1.807) is 12.4 Å². The van der Waals surface area contributed by atoms with Crippen LogP contribution in [-0.2, 0) is 0 Å². The van der Waals surface area contributed by atoms with E-state index in [9.17, 15) is 4.79 Å². The van der Waals surface area contributed by atoms with E-state index < -0.39 is 0 Å². The molecule has 1 heterocycles. The lowest BCUT2D eigenvalue weighted by atomic mass is 10.4. The first kappa shape index (κ1) is 8.16. The van der Waals surface area contributed by atoms with Crippen molar-refractivity contribution in [3.05, 3.63) is 23.8 Å². The summed E-state index contributed by atoms with van der Waals surface area (Å²) < 4.78 is 0. The summed E-state index contributed by atoms with van der Waals surface area (Å²) in [6, 6.07) is 0.359. The number of aromatic nitrogens is 2. The highest BCUT2D eigenvalue weighted by atomic mass is 16.2. The maximum atomic E-state index is 11.4. The van der Waals surface area contributed by atoms with Crippen molar-refractivity contribution < 1.29 is 4.79 Å². The molecular weight excluding hydrogens is 166 g/mol. The summed E-state index contributed by atoms with van der Waals surface area (Å²) in [6.07, 6.45) is 5.46. The third kappa shape index (κ3) is 2.02. The monoisotopic (exact) mass is 177 g/mol. The highest BCUT2D eigenvalue weighted by Gasteiger charge is 2.24. The second-order valence-corrected chi connectivity index (χ2v) is 3.33. The zero-order valence-corrected chi connectivity index (χ0v) is 7.45. The normalized spacial score (nSPS) is 15.5. The fourth-order valence-electron chi connectivity index (χ4n) is 0.987. The van der Waals surface area contributed by atoms with Crippen molar-refractivity contribution in [2.75, 3.05) is 0 Å². The number of carbonyl (C=O) groups is 1. The second-order valence-electron chi connectivity index (χ2n) is 3.33. The van der Waals surface area contributed by atoms with Gasteiger partial charge < -0.3 is 5.32 Å². The standard InChI is InChI=1S/C9H11N3O/c1-6-4-10-8(11-5-6)9(13)12-7-2-3-7/h4-5,7H,2-3H2,1H3,(H,12,13). The summed E-state index contributed by atoms with van der Waals surface area (Å²) in [5.74, 6) is 0.0972. The molecule has 1 aliphatic carbocycles. The maximum Gasteiger partial charge on any atom is 0.289 e. The summed E-state index contributed by atoms with van der Waals surface area (Å²) >= 11 is 0. The first-order chi connectivity index (χ1) is 6.25. The molecule has 0 aliphatic heterocycles. The fourth-order valence-corrected chi connectivity index (χ4v) is 0.987. The molecular formula is C9H11N3O. The molecule has 1 aromatic heterocycles. The van der Waals surface area contributed by atoms with E-state index in [2.05, 4.69) is 15.3 Å². The molecule has 2 rings (SSSR count). The molecule has 0 saturated heterocycles. The number of carbonyl (C=O) groups excluding carboxylic acids is 1. The van der Waals surface area contributed by atoms with Crippen LogP contribution in [-0.4, -0.2) is 21.9 Å². The zero-order chi connectivity index (χ0) is 9.26. The van der Waals surface area contributed by atoms with Gasteiger partial charge in [-0.2, -0.15) is 0 Å². The predicted molar refractivity (Wildman–Crippen MR) is 47.3 cm³/mol. The minimum Gasteiger partial charge on any atom is -0.347 e. The van der Waals surface area contributed by atoms with Crippen molar-refractivity contribution in [2.24, 2.45) is 0 Å². The van der Waals surface area contributed by atoms with Gasteiger partial charge in [-0.1, -0.05) is 0 Å². The Bertz CT molecular complexity index is 316. The number of nitrogens with zero attached hydrogens (tertiary/aromatic N) is 2. The van der Waals surface area contributed by atoms with Gasteiger partial charge in [0.1, 0.15) is 0 Å². The number of hydrogen-bond acceptors (Lipinski definition) is 3. The van der Waals surface area contributed by atoms with Crippen molar-refractivity contribution in [3.63, 3.8) is 0 Å². The van der Waals surface area contributed by atoms with Gasteiger partial charge in [-0.3, -0.25) is 4.79 Å². The van der Waals surface area contributed by atoms with Crippen LogP contribution in [0.4, 0.5) is 0 Å². The molecule has 0 spiro atoms. The minimum atomic E-state index is -0.164. The summed E-state index contributed by atoms with van der Waals surface area (Å²) in [7, 11) is 0. The molecule has 1 aliphatic rings. The van der Waals surface area contributed by atoms with Crippen molar-refractivity contribution in [3.8, 4) is 0 Å². The van der Waals surface area contributed by atoms with Gasteiger partial charge in [0.15, 0.2) is 0 Å². The van der Waals surface area contributed by atoms with E-state index in [1.165, 1.54) is 0 Å². The molecule has 1 amide bonds. The number of rotatable bonds is 2. The molecule has 0 unspecified atom stereocenters. The molecule has 1 N–H and O–H groups in total. The first-order valence-corrected chi connectivity index (χ1v) is 4.35. The van der Waals surface area contributed by atoms with Crippen LogP contribution >= 0.6 is 0 Å². The van der Waals surface area contributed by atoms with E-state index in [-0.39, 0.29) is 11.7 Å². The van der Waals surface area contributed by atoms with Gasteiger partial charge in [0.2, 0.25) is 5.82 Å². The van der Waals surface area contributed by atoms with E-state index in [0.29, 0.717) is 6.04 Å². The van der Waals surface area contributed by atoms with E-state index in [1.807, 2.05) is 6.92 Å². The lowest BCUT2D eigenvalue weighted by Gasteiger charge is -2.00. The van der Waals surface area contributed by atoms with Gasteiger partial charge in [0, 0.05) is 18.4 Å². The Balaban J connectivity index is 2.05. The smallest absolute Gasteiger partial charge is 0.289 e. The SMILES string of the molecule is Cc1cnc(C(=O)NC2CC2)nc1. The Morgan fingerprint density at radius 2 is 2.08 bits per heavy atom. The lowest BCUT2D eigenvalue weighted by Crippen LogP contribution is -2.27. The van der Waals surface area contributed by atoms with Crippen molar-refractivity contribution in [1.82, 2.24) is 15.3 Å². The zero-order valence-electron chi connectivity index (χ0n) is 7.45. The Kier molecular flexibility index (Phi) is 1.96. The van der Waals surface area contributed by atoms with Crippen LogP contribution < -0.4 is 5.32 Å². The summed E-state index contributed by atoms with van der Waals surface area (Å²) in [6.45, 7) is 1.89. The Morgan fingerprint density at radius 1 is 1.46 bits per heavy atom. The molecule has 1 fully saturated rings. The highest BCUT2D eigenvalue weighted by molar-refractivity contribution is 5.90. The molecule has 0 radical (unpaired) electrons. The Labute approximate surface area is 76.4 Å². The van der Waals surface area contributed by atoms with Gasteiger partial charge in [0.25, 0.3) is 5.91 Å². The molecule has 0 atom stereocenters. The maximum absolute atomic E-state index is 11.4. The lowest BCUT2D eigenvalue weighted by molar-refractivity contribution is 0.0940. The second kappa shape index (κ2) is 3.12. The molecule has 1 saturated carbocycles. The highest BCUT2D eigenvalue weighted by Crippen LogP contribution is 2.18. The van der Waals surface area contributed by atoms with Crippen LogP contribution in [0.5, 0.6) is 0 Å². The third-order valence-corrected chi connectivity index (χ3v) is 1.90. The van der Waals surface area contributed by atoms with Crippen molar-refractivity contribution >= 4 is 5.91 Å². The number of nitrogens with one attached hydrogen (secondary N) is 1. The quantitative estimate of drug-likeness (QED) is 0.722. The van der Waals surface area contributed by atoms with Gasteiger partial charge in [-0.25, -0.2) is 9.97 Å². The molecule has 0 bridgehead atoms. The summed E-state index contributed by atoms with van der Waals surface area (Å²) in [5.41, 5.74) is 0.961. The fraction of sp³-hybridized carbons (Fsp3) is 0.444. The summed E-state index contributed by atoms with van der Waals surface area (Å²) in [4.78, 5) is 19.2. The molecule has 1 aromatic rings. The average molecular weight is 177 g/mol. The molecule has 0 aromatic carbocycles. The van der Waals surface area contributed by atoms with Crippen molar-refractivity contribution in [2.45, 2.75) is 25.8 Å². The van der Waals surface area contributed by atoms with E-state index >= 15 is 0 Å². The molecule has 13 heavy (non-hydrogen) atoms. The molecule has 4 heteroatoms. The van der Waals surface area contributed by atoms with Gasteiger partial charge in [0.05, 0.1) is 0 Å². The number of amides is 1. The van der Waals surface area contributed by atoms with Crippen LogP contribution in [0, 0.1) is 6.92 Å². The topological polar surface area (TPSA) is 54.9 Å². The van der Waals surface area contributed by atoms with Gasteiger partial charge in [-0.15, -0.1) is 0 Å². The van der Waals surface area contributed by atoms with Crippen LogP contribution in [0.1, 0.15) is 29.0 Å². The largest absolute Gasteiger partial charge is 0.347 e. The average Bonchev–Trinajstić information content (AvgIpc) is 2.89. The van der Waals surface area contributed by atoms with Crippen LogP contribution in [0.15, 0.2) is 12.4 Å².